The molecule has 0 fully saturated rings. The van der Waals surface area contributed by atoms with Gasteiger partial charge in [0.25, 0.3) is 0 Å². The van der Waals surface area contributed by atoms with Crippen LogP contribution in [0.4, 0.5) is 0 Å². The normalized spacial score (nSPS) is 11.5. The van der Waals surface area contributed by atoms with Gasteiger partial charge in [0.2, 0.25) is 0 Å². The zero-order valence-electron chi connectivity index (χ0n) is 17.4. The lowest BCUT2D eigenvalue weighted by atomic mass is 9.84. The first-order valence-electron chi connectivity index (χ1n) is 10.5. The highest BCUT2D eigenvalue weighted by Gasteiger charge is 2.36. The Morgan fingerprint density at radius 1 is 0.600 bits per heavy atom. The van der Waals surface area contributed by atoms with E-state index in [1.54, 1.807) is 0 Å². The molecule has 3 rings (SSSR count). The van der Waals surface area contributed by atoms with Gasteiger partial charge >= 0.3 is 0 Å². The van der Waals surface area contributed by atoms with Crippen molar-refractivity contribution in [3.63, 3.8) is 0 Å². The zero-order chi connectivity index (χ0) is 20.9. The summed E-state index contributed by atoms with van der Waals surface area (Å²) in [6.07, 6.45) is 0.892. The monoisotopic (exact) mass is 421 g/mol. The molecule has 0 aromatic heterocycles. The Kier molecular flexibility index (Phi) is 9.45. The Labute approximate surface area is 184 Å². The molecule has 0 spiro atoms. The molecule has 0 bridgehead atoms. The third-order valence-electron chi connectivity index (χ3n) is 4.95. The van der Waals surface area contributed by atoms with E-state index in [1.165, 1.54) is 16.7 Å². The highest BCUT2D eigenvalue weighted by Crippen LogP contribution is 2.48. The fourth-order valence-corrected chi connectivity index (χ4v) is 4.95. The van der Waals surface area contributed by atoms with Crippen LogP contribution in [0.1, 0.15) is 23.1 Å². The van der Waals surface area contributed by atoms with E-state index in [-0.39, 0.29) is 4.75 Å². The molecular formula is C26H31NO2S. The maximum absolute atomic E-state index is 5.84. The van der Waals surface area contributed by atoms with Crippen molar-refractivity contribution in [1.82, 2.24) is 0 Å². The quantitative estimate of drug-likeness (QED) is 0.308. The molecule has 0 unspecified atom stereocenters. The van der Waals surface area contributed by atoms with E-state index in [0.29, 0.717) is 33.0 Å². The summed E-state index contributed by atoms with van der Waals surface area (Å²) in [5.74, 6) is 0.876. The third-order valence-corrected chi connectivity index (χ3v) is 6.46. The van der Waals surface area contributed by atoms with Crippen molar-refractivity contribution in [2.24, 2.45) is 5.73 Å². The first-order valence-corrected chi connectivity index (χ1v) is 11.5. The van der Waals surface area contributed by atoms with Gasteiger partial charge in [-0.3, -0.25) is 0 Å². The van der Waals surface area contributed by atoms with Gasteiger partial charge in [-0.2, -0.15) is 0 Å². The van der Waals surface area contributed by atoms with E-state index in [4.69, 9.17) is 15.2 Å². The van der Waals surface area contributed by atoms with Crippen molar-refractivity contribution in [1.29, 1.82) is 0 Å². The van der Waals surface area contributed by atoms with Crippen molar-refractivity contribution in [2.75, 3.05) is 38.7 Å². The van der Waals surface area contributed by atoms with Gasteiger partial charge in [0.1, 0.15) is 0 Å². The summed E-state index contributed by atoms with van der Waals surface area (Å²) in [5.41, 5.74) is 9.31. The Morgan fingerprint density at radius 2 is 1.03 bits per heavy atom. The Bertz CT molecular complexity index is 731. The molecule has 0 atom stereocenters. The number of thioether (sulfide) groups is 1. The van der Waals surface area contributed by atoms with Gasteiger partial charge in [-0.25, -0.2) is 0 Å². The van der Waals surface area contributed by atoms with Gasteiger partial charge in [-0.05, 0) is 29.7 Å². The molecule has 0 saturated heterocycles. The molecular weight excluding hydrogens is 390 g/mol. The first kappa shape index (κ1) is 22.6. The van der Waals surface area contributed by atoms with Gasteiger partial charge in [0.05, 0.1) is 24.6 Å². The predicted octanol–water partition coefficient (Wildman–Crippen LogP) is 5.09. The van der Waals surface area contributed by atoms with Crippen LogP contribution in [0.15, 0.2) is 91.0 Å². The van der Waals surface area contributed by atoms with Crippen LogP contribution in [0, 0.1) is 0 Å². The fourth-order valence-electron chi connectivity index (χ4n) is 3.53. The lowest BCUT2D eigenvalue weighted by Crippen LogP contribution is -2.26. The van der Waals surface area contributed by atoms with Gasteiger partial charge in [-0.1, -0.05) is 91.0 Å². The molecule has 158 valence electrons. The number of hydrogen-bond donors (Lipinski definition) is 1. The highest BCUT2D eigenvalue weighted by molar-refractivity contribution is 8.00. The van der Waals surface area contributed by atoms with E-state index in [0.717, 1.165) is 12.2 Å². The minimum atomic E-state index is -0.287. The maximum atomic E-state index is 5.84. The number of nitrogens with two attached hydrogens (primary N) is 1. The third kappa shape index (κ3) is 5.96. The fraction of sp³-hybridized carbons (Fsp3) is 0.308. The Morgan fingerprint density at radius 3 is 1.47 bits per heavy atom. The van der Waals surface area contributed by atoms with Crippen LogP contribution in [0.25, 0.3) is 0 Å². The summed E-state index contributed by atoms with van der Waals surface area (Å²) in [6, 6.07) is 32.2. The van der Waals surface area contributed by atoms with Crippen molar-refractivity contribution in [3.8, 4) is 0 Å². The number of benzene rings is 3. The highest BCUT2D eigenvalue weighted by atomic mass is 32.2. The second kappa shape index (κ2) is 12.6. The average Bonchev–Trinajstić information content (AvgIpc) is 2.82. The topological polar surface area (TPSA) is 44.5 Å². The number of ether oxygens (including phenoxy) is 2. The summed E-state index contributed by atoms with van der Waals surface area (Å²) in [4.78, 5) is 0. The minimum absolute atomic E-state index is 0.287. The molecule has 0 heterocycles. The van der Waals surface area contributed by atoms with Crippen LogP contribution in [0.3, 0.4) is 0 Å². The number of rotatable bonds is 13. The van der Waals surface area contributed by atoms with Gasteiger partial charge in [0, 0.05) is 12.4 Å². The molecule has 2 N–H and O–H groups in total. The summed E-state index contributed by atoms with van der Waals surface area (Å²) >= 11 is 1.92. The molecule has 0 amide bonds. The molecule has 3 aromatic rings. The molecule has 0 aliphatic rings. The second-order valence-corrected chi connectivity index (χ2v) is 8.30. The van der Waals surface area contributed by atoms with E-state index < -0.39 is 0 Å². The minimum Gasteiger partial charge on any atom is -0.379 e. The Hall–Kier alpha value is -2.11. The standard InChI is InChI=1S/C26H31NO2S/c27-17-10-18-28-19-20-29-21-22-30-26(23-11-4-1-5-12-23,24-13-6-2-7-14-24)25-15-8-3-9-16-25/h1-9,11-16H,10,17-22,27H2. The molecule has 30 heavy (non-hydrogen) atoms. The van der Waals surface area contributed by atoms with Crippen LogP contribution < -0.4 is 5.73 Å². The second-order valence-electron chi connectivity index (χ2n) is 6.99. The SMILES string of the molecule is NCCCOCCOCCSC(c1ccccc1)(c1ccccc1)c1ccccc1. The van der Waals surface area contributed by atoms with E-state index >= 15 is 0 Å². The van der Waals surface area contributed by atoms with Crippen LogP contribution >= 0.6 is 11.8 Å². The lowest BCUT2D eigenvalue weighted by molar-refractivity contribution is 0.0535. The van der Waals surface area contributed by atoms with Crippen molar-refractivity contribution in [3.05, 3.63) is 108 Å². The summed E-state index contributed by atoms with van der Waals surface area (Å²) < 4.78 is 11.1. The van der Waals surface area contributed by atoms with Crippen LogP contribution in [0.2, 0.25) is 0 Å². The largest absolute Gasteiger partial charge is 0.379 e. The average molecular weight is 422 g/mol. The summed E-state index contributed by atoms with van der Waals surface area (Å²) in [6.45, 7) is 3.27. The van der Waals surface area contributed by atoms with Crippen molar-refractivity contribution >= 4 is 11.8 Å². The van der Waals surface area contributed by atoms with Gasteiger partial charge in [0.15, 0.2) is 0 Å². The number of hydrogen-bond acceptors (Lipinski definition) is 4. The maximum Gasteiger partial charge on any atom is 0.0907 e. The Balaban J connectivity index is 1.77. The van der Waals surface area contributed by atoms with Crippen LogP contribution in [-0.2, 0) is 14.2 Å². The molecule has 3 aromatic carbocycles. The summed E-state index contributed by atoms with van der Waals surface area (Å²) in [7, 11) is 0. The van der Waals surface area contributed by atoms with Crippen molar-refractivity contribution in [2.45, 2.75) is 11.2 Å². The van der Waals surface area contributed by atoms with E-state index in [9.17, 15) is 0 Å². The zero-order valence-corrected chi connectivity index (χ0v) is 18.2. The van der Waals surface area contributed by atoms with E-state index in [2.05, 4.69) is 91.0 Å². The van der Waals surface area contributed by atoms with Crippen molar-refractivity contribution < 1.29 is 9.47 Å². The van der Waals surface area contributed by atoms with Gasteiger partial charge in [-0.15, -0.1) is 11.8 Å². The lowest BCUT2D eigenvalue weighted by Gasteiger charge is -2.35. The van der Waals surface area contributed by atoms with Gasteiger partial charge < -0.3 is 15.2 Å². The van der Waals surface area contributed by atoms with Crippen LogP contribution in [-0.4, -0.2) is 38.7 Å². The molecule has 0 saturated carbocycles. The molecule has 0 radical (unpaired) electrons. The van der Waals surface area contributed by atoms with E-state index in [1.807, 2.05) is 11.8 Å². The predicted molar refractivity (Wildman–Crippen MR) is 127 cm³/mol. The molecule has 0 aliphatic heterocycles. The molecule has 0 aliphatic carbocycles. The molecule has 3 nitrogen and oxygen atoms in total. The molecule has 4 heteroatoms. The smallest absolute Gasteiger partial charge is 0.0907 e. The summed E-state index contributed by atoms with van der Waals surface area (Å²) in [5, 5.41) is 0. The first-order chi connectivity index (χ1) is 14.9. The van der Waals surface area contributed by atoms with Crippen LogP contribution in [0.5, 0.6) is 0 Å².